The van der Waals surface area contributed by atoms with Crippen LogP contribution in [0.3, 0.4) is 0 Å². The van der Waals surface area contributed by atoms with E-state index >= 15 is 0 Å². The van der Waals surface area contributed by atoms with Crippen molar-refractivity contribution in [1.82, 2.24) is 5.32 Å². The minimum Gasteiger partial charge on any atom is -0.371 e. The molecule has 1 spiro atoms. The van der Waals surface area contributed by atoms with E-state index in [1.54, 1.807) is 0 Å². The van der Waals surface area contributed by atoms with Crippen LogP contribution in [0.4, 0.5) is 5.69 Å². The minimum absolute atomic E-state index is 0.537. The molecule has 2 nitrogen and oxygen atoms in total. The Balaban J connectivity index is 1.81. The van der Waals surface area contributed by atoms with Crippen LogP contribution in [-0.4, -0.2) is 26.2 Å². The van der Waals surface area contributed by atoms with Crippen molar-refractivity contribution in [3.8, 4) is 0 Å². The van der Waals surface area contributed by atoms with Gasteiger partial charge in [-0.05, 0) is 37.5 Å². The second kappa shape index (κ2) is 4.18. The number of rotatable bonds is 1. The summed E-state index contributed by atoms with van der Waals surface area (Å²) in [6.07, 6.45) is 2.67. The average Bonchev–Trinajstić information content (AvgIpc) is 2.31. The average molecular weight is 251 g/mol. The maximum Gasteiger partial charge on any atom is 0.0455 e. The molecule has 92 valence electrons. The highest BCUT2D eigenvalue weighted by molar-refractivity contribution is 6.31. The smallest absolute Gasteiger partial charge is 0.0455 e. The van der Waals surface area contributed by atoms with Gasteiger partial charge in [0, 0.05) is 42.3 Å². The Morgan fingerprint density at radius 3 is 2.82 bits per heavy atom. The fraction of sp³-hybridized carbons (Fsp3) is 0.571. The number of anilines is 1. The van der Waals surface area contributed by atoms with Crippen LogP contribution in [0.15, 0.2) is 18.2 Å². The molecular weight excluding hydrogens is 232 g/mol. The standard InChI is InChI=1S/C14H19ClN2/c1-11-3-4-12(7-13(11)15)17-6-2-5-14(10-17)8-16-9-14/h3-4,7,16H,2,5-6,8-10H2,1H3. The Hall–Kier alpha value is -0.730. The van der Waals surface area contributed by atoms with Gasteiger partial charge in [-0.2, -0.15) is 0 Å². The van der Waals surface area contributed by atoms with E-state index in [0.717, 1.165) is 10.6 Å². The number of nitrogens with one attached hydrogen (secondary N) is 1. The molecule has 17 heavy (non-hydrogen) atoms. The normalized spacial score (nSPS) is 22.6. The van der Waals surface area contributed by atoms with Crippen LogP contribution < -0.4 is 10.2 Å². The molecule has 0 unspecified atom stereocenters. The summed E-state index contributed by atoms with van der Waals surface area (Å²) < 4.78 is 0. The summed E-state index contributed by atoms with van der Waals surface area (Å²) in [5.41, 5.74) is 2.98. The van der Waals surface area contributed by atoms with E-state index in [1.165, 1.54) is 44.7 Å². The second-order valence-corrected chi connectivity index (χ2v) is 5.97. The van der Waals surface area contributed by atoms with Crippen LogP contribution in [0.1, 0.15) is 18.4 Å². The maximum absolute atomic E-state index is 6.21. The van der Waals surface area contributed by atoms with E-state index in [9.17, 15) is 0 Å². The van der Waals surface area contributed by atoms with E-state index in [4.69, 9.17) is 11.6 Å². The third-order valence-corrected chi connectivity index (χ3v) is 4.59. The van der Waals surface area contributed by atoms with Gasteiger partial charge in [0.15, 0.2) is 0 Å². The van der Waals surface area contributed by atoms with Crippen molar-refractivity contribution < 1.29 is 0 Å². The Labute approximate surface area is 108 Å². The van der Waals surface area contributed by atoms with E-state index < -0.39 is 0 Å². The predicted octanol–water partition coefficient (Wildman–Crippen LogP) is 2.84. The molecule has 0 radical (unpaired) electrons. The molecule has 2 fully saturated rings. The molecule has 0 amide bonds. The highest BCUT2D eigenvalue weighted by Crippen LogP contribution is 2.36. The Bertz CT molecular complexity index is 426. The van der Waals surface area contributed by atoms with E-state index in [0.29, 0.717) is 5.41 Å². The first kappa shape index (κ1) is 11.4. The third kappa shape index (κ3) is 2.04. The van der Waals surface area contributed by atoms with Crippen molar-refractivity contribution in [2.24, 2.45) is 5.41 Å². The highest BCUT2D eigenvalue weighted by atomic mass is 35.5. The van der Waals surface area contributed by atoms with Crippen molar-refractivity contribution in [3.05, 3.63) is 28.8 Å². The number of piperidine rings is 1. The van der Waals surface area contributed by atoms with Crippen LogP contribution in [0.25, 0.3) is 0 Å². The topological polar surface area (TPSA) is 15.3 Å². The van der Waals surface area contributed by atoms with Gasteiger partial charge in [0.2, 0.25) is 0 Å². The van der Waals surface area contributed by atoms with E-state index in [-0.39, 0.29) is 0 Å². The van der Waals surface area contributed by atoms with Gasteiger partial charge in [-0.15, -0.1) is 0 Å². The fourth-order valence-electron chi connectivity index (χ4n) is 2.97. The minimum atomic E-state index is 0.537. The summed E-state index contributed by atoms with van der Waals surface area (Å²) in [5, 5.41) is 4.29. The lowest BCUT2D eigenvalue weighted by atomic mass is 9.75. The van der Waals surface area contributed by atoms with Crippen molar-refractivity contribution in [1.29, 1.82) is 0 Å². The van der Waals surface area contributed by atoms with Crippen LogP contribution in [0, 0.1) is 12.3 Å². The fourth-order valence-corrected chi connectivity index (χ4v) is 3.15. The molecule has 2 aliphatic heterocycles. The molecule has 0 aliphatic carbocycles. The van der Waals surface area contributed by atoms with Gasteiger partial charge in [-0.1, -0.05) is 17.7 Å². The summed E-state index contributed by atoms with van der Waals surface area (Å²) >= 11 is 6.21. The van der Waals surface area contributed by atoms with Gasteiger partial charge in [0.25, 0.3) is 0 Å². The lowest BCUT2D eigenvalue weighted by molar-refractivity contribution is 0.138. The van der Waals surface area contributed by atoms with Gasteiger partial charge < -0.3 is 10.2 Å². The van der Waals surface area contributed by atoms with E-state index in [1.807, 2.05) is 0 Å². The third-order valence-electron chi connectivity index (χ3n) is 4.18. The molecule has 0 atom stereocenters. The number of hydrogen-bond donors (Lipinski definition) is 1. The lowest BCUT2D eigenvalue weighted by Crippen LogP contribution is -2.61. The van der Waals surface area contributed by atoms with Gasteiger partial charge >= 0.3 is 0 Å². The van der Waals surface area contributed by atoms with Gasteiger partial charge in [0.05, 0.1) is 0 Å². The molecule has 3 rings (SSSR count). The monoisotopic (exact) mass is 250 g/mol. The van der Waals surface area contributed by atoms with Crippen molar-refractivity contribution in [2.45, 2.75) is 19.8 Å². The van der Waals surface area contributed by atoms with Crippen LogP contribution >= 0.6 is 11.6 Å². The molecule has 0 saturated carbocycles. The van der Waals surface area contributed by atoms with Crippen LogP contribution in [0.2, 0.25) is 5.02 Å². The molecule has 3 heteroatoms. The first-order chi connectivity index (χ1) is 8.19. The SMILES string of the molecule is Cc1ccc(N2CCCC3(CNC3)C2)cc1Cl. The molecule has 2 heterocycles. The quantitative estimate of drug-likeness (QED) is 0.825. The summed E-state index contributed by atoms with van der Waals surface area (Å²) in [5.74, 6) is 0. The molecule has 1 N–H and O–H groups in total. The van der Waals surface area contributed by atoms with Crippen molar-refractivity contribution in [2.75, 3.05) is 31.1 Å². The van der Waals surface area contributed by atoms with Crippen LogP contribution in [-0.2, 0) is 0 Å². The van der Waals surface area contributed by atoms with Gasteiger partial charge in [-0.25, -0.2) is 0 Å². The summed E-state index contributed by atoms with van der Waals surface area (Å²) in [6.45, 7) is 6.77. The highest BCUT2D eigenvalue weighted by Gasteiger charge is 2.40. The molecule has 0 bridgehead atoms. The predicted molar refractivity (Wildman–Crippen MR) is 72.9 cm³/mol. The van der Waals surface area contributed by atoms with Crippen molar-refractivity contribution >= 4 is 17.3 Å². The zero-order valence-electron chi connectivity index (χ0n) is 10.3. The largest absolute Gasteiger partial charge is 0.371 e. The number of nitrogens with zero attached hydrogens (tertiary/aromatic N) is 1. The summed E-state index contributed by atoms with van der Waals surface area (Å²) in [7, 11) is 0. The summed E-state index contributed by atoms with van der Waals surface area (Å²) in [4.78, 5) is 2.50. The second-order valence-electron chi connectivity index (χ2n) is 5.56. The number of halogens is 1. The van der Waals surface area contributed by atoms with Gasteiger partial charge in [0.1, 0.15) is 0 Å². The van der Waals surface area contributed by atoms with Crippen molar-refractivity contribution in [3.63, 3.8) is 0 Å². The zero-order valence-corrected chi connectivity index (χ0v) is 11.1. The number of benzene rings is 1. The van der Waals surface area contributed by atoms with Crippen LogP contribution in [0.5, 0.6) is 0 Å². The molecule has 1 aromatic rings. The van der Waals surface area contributed by atoms with E-state index in [2.05, 4.69) is 35.3 Å². The first-order valence-corrected chi connectivity index (χ1v) is 6.78. The number of hydrogen-bond acceptors (Lipinski definition) is 2. The maximum atomic E-state index is 6.21. The molecule has 2 aliphatic rings. The molecule has 0 aromatic heterocycles. The Morgan fingerprint density at radius 1 is 1.35 bits per heavy atom. The van der Waals surface area contributed by atoms with Gasteiger partial charge in [-0.3, -0.25) is 0 Å². The molecular formula is C14H19ClN2. The zero-order chi connectivity index (χ0) is 11.9. The lowest BCUT2D eigenvalue weighted by Gasteiger charge is -2.50. The molecule has 1 aromatic carbocycles. The Morgan fingerprint density at radius 2 is 2.18 bits per heavy atom. The Kier molecular flexibility index (Phi) is 2.80. The first-order valence-electron chi connectivity index (χ1n) is 6.40. The summed E-state index contributed by atoms with van der Waals surface area (Å²) in [6, 6.07) is 6.44. The number of aryl methyl sites for hydroxylation is 1. The molecule has 2 saturated heterocycles.